The van der Waals surface area contributed by atoms with Crippen molar-refractivity contribution in [2.75, 3.05) is 6.26 Å². The first-order valence-electron chi connectivity index (χ1n) is 3.09. The Bertz CT molecular complexity index is 283. The zero-order valence-corrected chi connectivity index (χ0v) is 6.55. The molecule has 0 bridgehead atoms. The largest absolute Gasteiger partial charge is 0.262 e. The van der Waals surface area contributed by atoms with Gasteiger partial charge in [-0.3, -0.25) is 4.98 Å². The van der Waals surface area contributed by atoms with Crippen molar-refractivity contribution in [2.24, 2.45) is 4.99 Å². The molecule has 1 atom stereocenters. The average Bonchev–Trinajstić information content (AvgIpc) is 2.34. The molecule has 0 saturated carbocycles. The molecule has 2 heterocycles. The van der Waals surface area contributed by atoms with Crippen molar-refractivity contribution in [3.8, 4) is 0 Å². The Morgan fingerprint density at radius 2 is 2.40 bits per heavy atom. The molecule has 0 spiro atoms. The van der Waals surface area contributed by atoms with Crippen LogP contribution in [0.2, 0.25) is 0 Å². The molecule has 10 heavy (non-hydrogen) atoms. The number of aliphatic imine (C=N–C) groups is 1. The van der Waals surface area contributed by atoms with E-state index < -0.39 is 0 Å². The summed E-state index contributed by atoms with van der Waals surface area (Å²) in [5.41, 5.74) is 3.07. The second-order valence-corrected chi connectivity index (χ2v) is 4.15. The van der Waals surface area contributed by atoms with Crippen molar-refractivity contribution >= 4 is 22.1 Å². The fourth-order valence-electron chi connectivity index (χ4n) is 0.988. The summed E-state index contributed by atoms with van der Waals surface area (Å²) in [7, 11) is -0.113. The molecule has 2 nitrogen and oxygen atoms in total. The molecule has 0 radical (unpaired) electrons. The van der Waals surface area contributed by atoms with Gasteiger partial charge < -0.3 is 0 Å². The van der Waals surface area contributed by atoms with Gasteiger partial charge in [0, 0.05) is 16.6 Å². The highest BCUT2D eigenvalue weighted by atomic mass is 32.2. The first-order valence-corrected chi connectivity index (χ1v) is 4.95. The molecule has 1 unspecified atom stereocenters. The zero-order chi connectivity index (χ0) is 6.97. The second-order valence-electron chi connectivity index (χ2n) is 2.22. The topological polar surface area (TPSA) is 25.2 Å². The molecular weight excluding hydrogens is 144 g/mol. The molecule has 0 N–H and O–H groups in total. The van der Waals surface area contributed by atoms with Crippen LogP contribution in [-0.4, -0.2) is 16.8 Å². The van der Waals surface area contributed by atoms with Crippen molar-refractivity contribution in [3.05, 3.63) is 18.5 Å². The summed E-state index contributed by atoms with van der Waals surface area (Å²) in [5.74, 6) is 0. The van der Waals surface area contributed by atoms with Gasteiger partial charge in [0.2, 0.25) is 0 Å². The number of pyridine rings is 1. The SMILES string of the molecule is C[SH]1C=Nc2cnccc21. The maximum absolute atomic E-state index is 4.22. The highest BCUT2D eigenvalue weighted by molar-refractivity contribution is 8.28. The summed E-state index contributed by atoms with van der Waals surface area (Å²) in [5, 5.41) is 0. The summed E-state index contributed by atoms with van der Waals surface area (Å²) < 4.78 is 0. The standard InChI is InChI=1S/C7H8N2S/c1-10-5-9-6-4-8-3-2-7(6)10/h2-5,10H,1H3. The van der Waals surface area contributed by atoms with Gasteiger partial charge in [-0.1, -0.05) is 0 Å². The Morgan fingerprint density at radius 3 is 3.20 bits per heavy atom. The first-order chi connectivity index (χ1) is 4.88. The Hall–Kier alpha value is -0.830. The molecule has 0 amide bonds. The normalized spacial score (nSPS) is 24.7. The molecule has 0 aliphatic carbocycles. The molecule has 0 saturated heterocycles. The molecule has 3 heteroatoms. The van der Waals surface area contributed by atoms with E-state index in [2.05, 4.69) is 16.2 Å². The summed E-state index contributed by atoms with van der Waals surface area (Å²) >= 11 is 0. The van der Waals surface area contributed by atoms with E-state index >= 15 is 0 Å². The van der Waals surface area contributed by atoms with E-state index in [1.165, 1.54) is 4.90 Å². The van der Waals surface area contributed by atoms with E-state index in [-0.39, 0.29) is 10.9 Å². The fourth-order valence-corrected chi connectivity index (χ4v) is 2.19. The molecule has 0 fully saturated rings. The van der Waals surface area contributed by atoms with Gasteiger partial charge in [0.15, 0.2) is 0 Å². The third-order valence-corrected chi connectivity index (χ3v) is 3.13. The lowest BCUT2D eigenvalue weighted by Crippen LogP contribution is -1.75. The molecule has 1 aromatic rings. The van der Waals surface area contributed by atoms with Gasteiger partial charge in [-0.15, -0.1) is 0 Å². The van der Waals surface area contributed by atoms with Gasteiger partial charge in [-0.2, -0.15) is 10.9 Å². The van der Waals surface area contributed by atoms with Crippen LogP contribution >= 0.6 is 10.9 Å². The maximum atomic E-state index is 4.22. The number of fused-ring (bicyclic) bond motifs is 1. The first kappa shape index (κ1) is 5.92. The van der Waals surface area contributed by atoms with Crippen LogP contribution < -0.4 is 0 Å². The number of nitrogens with zero attached hydrogens (tertiary/aromatic N) is 2. The summed E-state index contributed by atoms with van der Waals surface area (Å²) in [4.78, 5) is 9.56. The lowest BCUT2D eigenvalue weighted by atomic mass is 10.4. The van der Waals surface area contributed by atoms with Gasteiger partial charge in [0.05, 0.1) is 11.9 Å². The van der Waals surface area contributed by atoms with E-state index in [0.717, 1.165) is 5.69 Å². The van der Waals surface area contributed by atoms with Gasteiger partial charge in [-0.05, 0) is 12.3 Å². The number of rotatable bonds is 0. The van der Waals surface area contributed by atoms with Gasteiger partial charge in [0.1, 0.15) is 0 Å². The Labute approximate surface area is 62.4 Å². The van der Waals surface area contributed by atoms with E-state index in [4.69, 9.17) is 0 Å². The van der Waals surface area contributed by atoms with Crippen LogP contribution in [0.4, 0.5) is 5.69 Å². The van der Waals surface area contributed by atoms with Crippen molar-refractivity contribution in [3.63, 3.8) is 0 Å². The lowest BCUT2D eigenvalue weighted by Gasteiger charge is -2.03. The quantitative estimate of drug-likeness (QED) is 0.563. The van der Waals surface area contributed by atoms with Crippen LogP contribution in [0.1, 0.15) is 0 Å². The number of hydrogen-bond acceptors (Lipinski definition) is 2. The zero-order valence-electron chi connectivity index (χ0n) is 5.65. The van der Waals surface area contributed by atoms with Crippen LogP contribution in [0.3, 0.4) is 0 Å². The predicted molar refractivity (Wildman–Crippen MR) is 45.6 cm³/mol. The number of hydrogen-bond donors (Lipinski definition) is 1. The minimum Gasteiger partial charge on any atom is -0.262 e. The Kier molecular flexibility index (Phi) is 1.24. The van der Waals surface area contributed by atoms with E-state index in [9.17, 15) is 0 Å². The van der Waals surface area contributed by atoms with Crippen molar-refractivity contribution < 1.29 is 0 Å². The summed E-state index contributed by atoms with van der Waals surface area (Å²) in [6, 6.07) is 2.05. The van der Waals surface area contributed by atoms with E-state index in [0.29, 0.717) is 0 Å². The number of aromatic nitrogens is 1. The lowest BCUT2D eigenvalue weighted by molar-refractivity contribution is 1.25. The summed E-state index contributed by atoms with van der Waals surface area (Å²) in [6.07, 6.45) is 5.84. The van der Waals surface area contributed by atoms with Crippen LogP contribution in [0.15, 0.2) is 28.3 Å². The smallest absolute Gasteiger partial charge is 0.0940 e. The number of thiol groups is 1. The average molecular weight is 152 g/mol. The predicted octanol–water partition coefficient (Wildman–Crippen LogP) is 1.74. The molecule has 1 aliphatic rings. The molecule has 2 rings (SSSR count). The Balaban J connectivity index is 2.59. The van der Waals surface area contributed by atoms with Crippen LogP contribution in [0.5, 0.6) is 0 Å². The monoisotopic (exact) mass is 152 g/mol. The molecule has 1 aliphatic heterocycles. The van der Waals surface area contributed by atoms with Crippen molar-refractivity contribution in [1.29, 1.82) is 0 Å². The van der Waals surface area contributed by atoms with Gasteiger partial charge in [-0.25, -0.2) is 4.99 Å². The fraction of sp³-hybridized carbons (Fsp3) is 0.143. The highest BCUT2D eigenvalue weighted by Gasteiger charge is 2.09. The minimum absolute atomic E-state index is 0.113. The van der Waals surface area contributed by atoms with E-state index in [1.807, 2.05) is 24.0 Å². The second kappa shape index (κ2) is 2.09. The van der Waals surface area contributed by atoms with Gasteiger partial charge >= 0.3 is 0 Å². The molecule has 0 aromatic carbocycles. The maximum Gasteiger partial charge on any atom is 0.0940 e. The van der Waals surface area contributed by atoms with Crippen molar-refractivity contribution in [2.45, 2.75) is 4.90 Å². The third kappa shape index (κ3) is 0.743. The molecule has 52 valence electrons. The minimum atomic E-state index is -0.113. The van der Waals surface area contributed by atoms with Gasteiger partial charge in [0.25, 0.3) is 0 Å². The summed E-state index contributed by atoms with van der Waals surface area (Å²) in [6.45, 7) is 0. The third-order valence-electron chi connectivity index (χ3n) is 1.53. The highest BCUT2D eigenvalue weighted by Crippen LogP contribution is 2.41. The van der Waals surface area contributed by atoms with Crippen molar-refractivity contribution in [1.82, 2.24) is 4.98 Å². The van der Waals surface area contributed by atoms with E-state index in [1.54, 1.807) is 0 Å². The van der Waals surface area contributed by atoms with Crippen LogP contribution in [-0.2, 0) is 0 Å². The molecular formula is C7H8N2S. The molecule has 1 aromatic heterocycles. The Morgan fingerprint density at radius 1 is 1.50 bits per heavy atom. The van der Waals surface area contributed by atoms with Crippen LogP contribution in [0, 0.1) is 0 Å². The van der Waals surface area contributed by atoms with Crippen LogP contribution in [0.25, 0.3) is 0 Å².